The summed E-state index contributed by atoms with van der Waals surface area (Å²) in [5, 5.41) is 2.75. The molecule has 0 spiro atoms. The zero-order valence-electron chi connectivity index (χ0n) is 20.2. The van der Waals surface area contributed by atoms with E-state index in [0.29, 0.717) is 17.8 Å². The maximum Gasteiger partial charge on any atom is 0.264 e. The van der Waals surface area contributed by atoms with Gasteiger partial charge in [-0.1, -0.05) is 66.7 Å². The van der Waals surface area contributed by atoms with Crippen molar-refractivity contribution in [1.29, 1.82) is 0 Å². The van der Waals surface area contributed by atoms with Crippen LogP contribution in [0.4, 0.5) is 5.69 Å². The van der Waals surface area contributed by atoms with E-state index in [1.807, 2.05) is 36.4 Å². The predicted octanol–water partition coefficient (Wildman–Crippen LogP) is 3.74. The van der Waals surface area contributed by atoms with Crippen LogP contribution in [0, 0.1) is 6.92 Å². The molecule has 3 aromatic carbocycles. The third kappa shape index (κ3) is 6.27. The number of hydrogen-bond donors (Lipinski definition) is 1. The molecule has 0 aliphatic heterocycles. The molecule has 1 N–H and O–H groups in total. The Morgan fingerprint density at radius 3 is 2.06 bits per heavy atom. The van der Waals surface area contributed by atoms with Gasteiger partial charge in [0.1, 0.15) is 12.6 Å². The van der Waals surface area contributed by atoms with Crippen LogP contribution in [0.2, 0.25) is 0 Å². The minimum absolute atomic E-state index is 0.0856. The molecule has 0 saturated heterocycles. The van der Waals surface area contributed by atoms with Gasteiger partial charge in [-0.3, -0.25) is 13.9 Å². The quantitative estimate of drug-likeness (QED) is 0.466. The van der Waals surface area contributed by atoms with Crippen molar-refractivity contribution < 1.29 is 18.0 Å². The van der Waals surface area contributed by atoms with E-state index >= 15 is 0 Å². The van der Waals surface area contributed by atoms with Crippen molar-refractivity contribution in [3.05, 3.63) is 96.1 Å². The second-order valence-corrected chi connectivity index (χ2v) is 10.1. The Labute approximate surface area is 207 Å². The van der Waals surface area contributed by atoms with Gasteiger partial charge in [-0.05, 0) is 50.1 Å². The van der Waals surface area contributed by atoms with Gasteiger partial charge in [0.05, 0.1) is 10.6 Å². The number of sulfonamides is 1. The number of hydrogen-bond acceptors (Lipinski definition) is 4. The number of rotatable bonds is 10. The fraction of sp³-hybridized carbons (Fsp3) is 0.259. The van der Waals surface area contributed by atoms with E-state index in [1.165, 1.54) is 17.0 Å². The van der Waals surface area contributed by atoms with E-state index in [4.69, 9.17) is 0 Å². The lowest BCUT2D eigenvalue weighted by Gasteiger charge is -2.32. The van der Waals surface area contributed by atoms with Gasteiger partial charge in [0.25, 0.3) is 10.0 Å². The third-order valence-corrected chi connectivity index (χ3v) is 7.48. The van der Waals surface area contributed by atoms with Gasteiger partial charge in [-0.25, -0.2) is 8.42 Å². The second-order valence-electron chi connectivity index (χ2n) is 8.19. The van der Waals surface area contributed by atoms with Crippen molar-refractivity contribution in [3.63, 3.8) is 0 Å². The number of benzene rings is 3. The van der Waals surface area contributed by atoms with Gasteiger partial charge in [-0.2, -0.15) is 0 Å². The number of carbonyl (C=O) groups is 2. The van der Waals surface area contributed by atoms with E-state index < -0.39 is 28.5 Å². The van der Waals surface area contributed by atoms with Crippen LogP contribution in [0.1, 0.15) is 25.0 Å². The monoisotopic (exact) mass is 493 g/mol. The molecule has 0 saturated carbocycles. The van der Waals surface area contributed by atoms with Crippen molar-refractivity contribution >= 4 is 27.5 Å². The van der Waals surface area contributed by atoms with Crippen LogP contribution in [-0.4, -0.2) is 44.3 Å². The molecule has 0 aromatic heterocycles. The fourth-order valence-electron chi connectivity index (χ4n) is 3.76. The second kappa shape index (κ2) is 11.7. The van der Waals surface area contributed by atoms with Crippen molar-refractivity contribution in [3.8, 4) is 0 Å². The number of anilines is 1. The minimum Gasteiger partial charge on any atom is -0.355 e. The first kappa shape index (κ1) is 26.0. The maximum atomic E-state index is 13.7. The number of carbonyl (C=O) groups excluding carboxylic acids is 2. The molecular weight excluding hydrogens is 462 g/mol. The topological polar surface area (TPSA) is 86.8 Å². The van der Waals surface area contributed by atoms with Crippen molar-refractivity contribution in [1.82, 2.24) is 10.2 Å². The van der Waals surface area contributed by atoms with Crippen molar-refractivity contribution in [2.24, 2.45) is 0 Å². The molecule has 7 nitrogen and oxygen atoms in total. The molecular formula is C27H31N3O4S. The first-order chi connectivity index (χ1) is 16.8. The van der Waals surface area contributed by atoms with E-state index in [1.54, 1.807) is 57.2 Å². The standard InChI is InChI=1S/C27H31N3O4S/c1-4-28-27(32)22(3)29(19-23-14-7-5-8-15-23)26(31)20-30(25-18-12-11-13-21(25)2)35(33,34)24-16-9-6-10-17-24/h5-18,22H,4,19-20H2,1-3H3,(H,28,32)/t22-/m0/s1. The lowest BCUT2D eigenvalue weighted by molar-refractivity contribution is -0.139. The molecule has 0 heterocycles. The van der Waals surface area contributed by atoms with E-state index in [9.17, 15) is 18.0 Å². The van der Waals surface area contributed by atoms with Gasteiger partial charge in [0, 0.05) is 13.1 Å². The smallest absolute Gasteiger partial charge is 0.264 e. The summed E-state index contributed by atoms with van der Waals surface area (Å²) in [5.74, 6) is -0.777. The Bertz CT molecular complexity index is 1250. The molecule has 0 aliphatic carbocycles. The highest BCUT2D eigenvalue weighted by molar-refractivity contribution is 7.92. The highest BCUT2D eigenvalue weighted by atomic mass is 32.2. The molecule has 2 amide bonds. The fourth-order valence-corrected chi connectivity index (χ4v) is 5.26. The normalized spacial score (nSPS) is 12.0. The third-order valence-electron chi connectivity index (χ3n) is 5.71. The molecule has 3 aromatic rings. The summed E-state index contributed by atoms with van der Waals surface area (Å²) < 4.78 is 28.5. The summed E-state index contributed by atoms with van der Waals surface area (Å²) in [4.78, 5) is 27.9. The Morgan fingerprint density at radius 2 is 1.46 bits per heavy atom. The van der Waals surface area contributed by atoms with Crippen LogP contribution in [-0.2, 0) is 26.2 Å². The maximum absolute atomic E-state index is 13.7. The average molecular weight is 494 g/mol. The van der Waals surface area contributed by atoms with Crippen molar-refractivity contribution in [2.45, 2.75) is 38.3 Å². The molecule has 8 heteroatoms. The zero-order valence-corrected chi connectivity index (χ0v) is 21.0. The van der Waals surface area contributed by atoms with Gasteiger partial charge in [0.2, 0.25) is 11.8 Å². The number of aryl methyl sites for hydroxylation is 1. The minimum atomic E-state index is -4.05. The molecule has 0 unspecified atom stereocenters. The number of para-hydroxylation sites is 1. The van der Waals surface area contributed by atoms with Crippen LogP contribution in [0.5, 0.6) is 0 Å². The van der Waals surface area contributed by atoms with Crippen LogP contribution >= 0.6 is 0 Å². The van der Waals surface area contributed by atoms with E-state index in [-0.39, 0.29) is 17.3 Å². The Morgan fingerprint density at radius 1 is 0.886 bits per heavy atom. The molecule has 3 rings (SSSR count). The zero-order chi connectivity index (χ0) is 25.4. The highest BCUT2D eigenvalue weighted by Crippen LogP contribution is 2.27. The molecule has 0 fully saturated rings. The molecule has 0 bridgehead atoms. The number of nitrogens with one attached hydrogen (secondary N) is 1. The first-order valence-corrected chi connectivity index (χ1v) is 12.9. The first-order valence-electron chi connectivity index (χ1n) is 11.5. The van der Waals surface area contributed by atoms with E-state index in [2.05, 4.69) is 5.32 Å². The molecule has 0 radical (unpaired) electrons. The summed E-state index contributed by atoms with van der Waals surface area (Å²) in [7, 11) is -4.05. The number of amides is 2. The molecule has 35 heavy (non-hydrogen) atoms. The number of likely N-dealkylation sites (N-methyl/N-ethyl adjacent to an activating group) is 1. The van der Waals surface area contributed by atoms with Gasteiger partial charge >= 0.3 is 0 Å². The lowest BCUT2D eigenvalue weighted by Crippen LogP contribution is -2.51. The Kier molecular flexibility index (Phi) is 8.65. The summed E-state index contributed by atoms with van der Waals surface area (Å²) in [6, 6.07) is 23.6. The Balaban J connectivity index is 2.02. The van der Waals surface area contributed by atoms with E-state index in [0.717, 1.165) is 9.87 Å². The summed E-state index contributed by atoms with van der Waals surface area (Å²) in [6.07, 6.45) is 0. The van der Waals surface area contributed by atoms with Crippen LogP contribution in [0.3, 0.4) is 0 Å². The summed E-state index contributed by atoms with van der Waals surface area (Å²) >= 11 is 0. The number of nitrogens with zero attached hydrogens (tertiary/aromatic N) is 2. The van der Waals surface area contributed by atoms with Gasteiger partial charge < -0.3 is 10.2 Å². The van der Waals surface area contributed by atoms with Crippen LogP contribution in [0.25, 0.3) is 0 Å². The summed E-state index contributed by atoms with van der Waals surface area (Å²) in [6.45, 7) is 5.40. The largest absolute Gasteiger partial charge is 0.355 e. The van der Waals surface area contributed by atoms with Crippen molar-refractivity contribution in [2.75, 3.05) is 17.4 Å². The Hall–Kier alpha value is -3.65. The van der Waals surface area contributed by atoms with Gasteiger partial charge in [0.15, 0.2) is 0 Å². The lowest BCUT2D eigenvalue weighted by atomic mass is 10.1. The molecule has 0 aliphatic rings. The van der Waals surface area contributed by atoms with Crippen LogP contribution < -0.4 is 9.62 Å². The molecule has 184 valence electrons. The van der Waals surface area contributed by atoms with Crippen LogP contribution in [0.15, 0.2) is 89.8 Å². The highest BCUT2D eigenvalue weighted by Gasteiger charge is 2.32. The molecule has 1 atom stereocenters. The SMILES string of the molecule is CCNC(=O)[C@H](C)N(Cc1ccccc1)C(=O)CN(c1ccccc1C)S(=O)(=O)c1ccccc1. The predicted molar refractivity (Wildman–Crippen MR) is 137 cm³/mol. The van der Waals surface area contributed by atoms with Gasteiger partial charge in [-0.15, -0.1) is 0 Å². The summed E-state index contributed by atoms with van der Waals surface area (Å²) in [5.41, 5.74) is 1.96. The average Bonchev–Trinajstić information content (AvgIpc) is 2.87.